The molecule has 0 bridgehead atoms. The number of aromatic nitrogens is 4. The van der Waals surface area contributed by atoms with Crippen LogP contribution in [0.2, 0.25) is 5.02 Å². The van der Waals surface area contributed by atoms with Crippen molar-refractivity contribution in [3.8, 4) is 5.69 Å². The molecule has 3 aromatic rings. The summed E-state index contributed by atoms with van der Waals surface area (Å²) in [5, 5.41) is 11.0. The first-order valence-electron chi connectivity index (χ1n) is 7.01. The van der Waals surface area contributed by atoms with Crippen molar-refractivity contribution < 1.29 is 4.52 Å². The molecule has 0 amide bonds. The zero-order valence-electron chi connectivity index (χ0n) is 12.4. The molecule has 23 heavy (non-hydrogen) atoms. The van der Waals surface area contributed by atoms with Gasteiger partial charge in [-0.2, -0.15) is 14.8 Å². The third kappa shape index (κ3) is 3.40. The Balaban J connectivity index is 1.74. The maximum absolute atomic E-state index is 12.3. The smallest absolute Gasteiger partial charge is 0.292 e. The Morgan fingerprint density at radius 1 is 1.30 bits per heavy atom. The Morgan fingerprint density at radius 2 is 2.09 bits per heavy atom. The zero-order valence-corrected chi connectivity index (χ0v) is 13.1. The molecule has 2 heterocycles. The highest BCUT2D eigenvalue weighted by molar-refractivity contribution is 6.32. The summed E-state index contributed by atoms with van der Waals surface area (Å²) in [7, 11) is 0. The van der Waals surface area contributed by atoms with Gasteiger partial charge in [-0.3, -0.25) is 4.79 Å². The van der Waals surface area contributed by atoms with Crippen molar-refractivity contribution in [1.29, 1.82) is 0 Å². The van der Waals surface area contributed by atoms with E-state index in [0.717, 1.165) is 0 Å². The third-order valence-corrected chi connectivity index (χ3v) is 3.51. The average Bonchev–Trinajstić information content (AvgIpc) is 2.98. The molecule has 0 atom stereocenters. The van der Waals surface area contributed by atoms with E-state index in [1.165, 1.54) is 10.9 Å². The van der Waals surface area contributed by atoms with Crippen molar-refractivity contribution in [2.75, 3.05) is 11.9 Å². The van der Waals surface area contributed by atoms with Crippen LogP contribution in [0.4, 0.5) is 5.69 Å². The minimum Gasteiger partial charge on any atom is -0.382 e. The van der Waals surface area contributed by atoms with Gasteiger partial charge in [-0.15, -0.1) is 0 Å². The van der Waals surface area contributed by atoms with Crippen molar-refractivity contribution in [3.05, 3.63) is 63.6 Å². The fourth-order valence-corrected chi connectivity index (χ4v) is 2.25. The number of hydrogen-bond acceptors (Lipinski definition) is 6. The lowest BCUT2D eigenvalue weighted by Gasteiger charge is -2.09. The van der Waals surface area contributed by atoms with Crippen molar-refractivity contribution in [2.45, 2.75) is 13.3 Å². The minimum absolute atomic E-state index is 0.0885. The van der Waals surface area contributed by atoms with Gasteiger partial charge in [0.25, 0.3) is 5.56 Å². The number of halogens is 1. The molecule has 7 nitrogen and oxygen atoms in total. The molecule has 0 unspecified atom stereocenters. The predicted molar refractivity (Wildman–Crippen MR) is 86.1 cm³/mol. The van der Waals surface area contributed by atoms with E-state index in [1.807, 2.05) is 18.2 Å². The molecular formula is C15H14ClN5O2. The molecule has 3 rings (SSSR count). The molecule has 0 aliphatic heterocycles. The quantitative estimate of drug-likeness (QED) is 0.771. The Kier molecular flexibility index (Phi) is 4.38. The first kappa shape index (κ1) is 15.2. The fourth-order valence-electron chi connectivity index (χ4n) is 2.05. The van der Waals surface area contributed by atoms with Gasteiger partial charge in [0.2, 0.25) is 5.89 Å². The van der Waals surface area contributed by atoms with Crippen LogP contribution in [-0.4, -0.2) is 26.5 Å². The van der Waals surface area contributed by atoms with Gasteiger partial charge < -0.3 is 9.84 Å². The topological polar surface area (TPSA) is 85.8 Å². The van der Waals surface area contributed by atoms with Crippen LogP contribution in [0.1, 0.15) is 11.7 Å². The summed E-state index contributed by atoms with van der Waals surface area (Å²) < 4.78 is 6.28. The molecule has 0 fully saturated rings. The Hall–Kier alpha value is -2.67. The lowest BCUT2D eigenvalue weighted by Crippen LogP contribution is -2.23. The first-order valence-corrected chi connectivity index (χ1v) is 7.39. The van der Waals surface area contributed by atoms with Crippen molar-refractivity contribution in [3.63, 3.8) is 0 Å². The minimum atomic E-state index is -0.378. The summed E-state index contributed by atoms with van der Waals surface area (Å²) in [5.74, 6) is 1.11. The average molecular weight is 332 g/mol. The van der Waals surface area contributed by atoms with E-state index in [4.69, 9.17) is 16.1 Å². The van der Waals surface area contributed by atoms with Gasteiger partial charge in [-0.1, -0.05) is 35.0 Å². The van der Waals surface area contributed by atoms with E-state index in [2.05, 4.69) is 20.6 Å². The summed E-state index contributed by atoms with van der Waals surface area (Å²) in [6.45, 7) is 2.25. The van der Waals surface area contributed by atoms with Crippen LogP contribution in [0.15, 0.2) is 45.8 Å². The van der Waals surface area contributed by atoms with E-state index in [9.17, 15) is 4.79 Å². The van der Waals surface area contributed by atoms with Crippen LogP contribution in [0.25, 0.3) is 5.69 Å². The number of nitrogens with zero attached hydrogens (tertiary/aromatic N) is 4. The summed E-state index contributed by atoms with van der Waals surface area (Å²) in [6, 6.07) is 9.10. The summed E-state index contributed by atoms with van der Waals surface area (Å²) in [4.78, 5) is 16.4. The van der Waals surface area contributed by atoms with Gasteiger partial charge in [-0.25, -0.2) is 0 Å². The van der Waals surface area contributed by atoms with E-state index < -0.39 is 0 Å². The van der Waals surface area contributed by atoms with E-state index in [0.29, 0.717) is 36.1 Å². The second-order valence-corrected chi connectivity index (χ2v) is 5.21. The molecule has 1 N–H and O–H groups in total. The van der Waals surface area contributed by atoms with Crippen LogP contribution in [0, 0.1) is 6.92 Å². The molecule has 0 aliphatic rings. The zero-order chi connectivity index (χ0) is 16.2. The highest BCUT2D eigenvalue weighted by Crippen LogP contribution is 2.16. The van der Waals surface area contributed by atoms with Crippen molar-refractivity contribution >= 4 is 17.3 Å². The molecule has 0 radical (unpaired) electrons. The Bertz CT molecular complexity index is 860. The molecule has 1 aromatic carbocycles. The monoisotopic (exact) mass is 331 g/mol. The van der Waals surface area contributed by atoms with Gasteiger partial charge in [0, 0.05) is 13.0 Å². The largest absolute Gasteiger partial charge is 0.382 e. The van der Waals surface area contributed by atoms with E-state index >= 15 is 0 Å². The SMILES string of the molecule is Cc1noc(CCNc2cnn(-c3ccccc3)c(=O)c2Cl)n1. The van der Waals surface area contributed by atoms with Crippen LogP contribution < -0.4 is 10.9 Å². The number of anilines is 1. The van der Waals surface area contributed by atoms with Gasteiger partial charge in [0.15, 0.2) is 5.82 Å². The molecule has 118 valence electrons. The highest BCUT2D eigenvalue weighted by Gasteiger charge is 2.10. The van der Waals surface area contributed by atoms with Crippen LogP contribution >= 0.6 is 11.6 Å². The Labute approximate surface area is 136 Å². The van der Waals surface area contributed by atoms with E-state index in [-0.39, 0.29) is 10.6 Å². The second-order valence-electron chi connectivity index (χ2n) is 4.84. The number of rotatable bonds is 5. The van der Waals surface area contributed by atoms with E-state index in [1.54, 1.807) is 19.1 Å². The lowest BCUT2D eigenvalue weighted by atomic mass is 10.3. The molecule has 0 aliphatic carbocycles. The third-order valence-electron chi connectivity index (χ3n) is 3.14. The Morgan fingerprint density at radius 3 is 2.78 bits per heavy atom. The van der Waals surface area contributed by atoms with Gasteiger partial charge in [0.1, 0.15) is 5.02 Å². The molecular weight excluding hydrogens is 318 g/mol. The second kappa shape index (κ2) is 6.62. The number of hydrogen-bond donors (Lipinski definition) is 1. The summed E-state index contributed by atoms with van der Waals surface area (Å²) in [6.07, 6.45) is 2.05. The van der Waals surface area contributed by atoms with Crippen LogP contribution in [0.3, 0.4) is 0 Å². The number of benzene rings is 1. The normalized spacial score (nSPS) is 10.7. The summed E-state index contributed by atoms with van der Waals surface area (Å²) >= 11 is 6.15. The molecule has 2 aromatic heterocycles. The van der Waals surface area contributed by atoms with Gasteiger partial charge >= 0.3 is 0 Å². The first-order chi connectivity index (χ1) is 11.1. The molecule has 8 heteroatoms. The maximum atomic E-state index is 12.3. The molecule has 0 saturated carbocycles. The van der Waals surface area contributed by atoms with Gasteiger partial charge in [-0.05, 0) is 19.1 Å². The highest BCUT2D eigenvalue weighted by atomic mass is 35.5. The number of nitrogens with one attached hydrogen (secondary N) is 1. The van der Waals surface area contributed by atoms with Crippen LogP contribution in [0.5, 0.6) is 0 Å². The fraction of sp³-hybridized carbons (Fsp3) is 0.200. The predicted octanol–water partition coefficient (Wildman–Crippen LogP) is 2.23. The van der Waals surface area contributed by atoms with Crippen molar-refractivity contribution in [2.24, 2.45) is 0 Å². The van der Waals surface area contributed by atoms with Gasteiger partial charge in [0.05, 0.1) is 17.6 Å². The maximum Gasteiger partial charge on any atom is 0.292 e. The van der Waals surface area contributed by atoms with Crippen LogP contribution in [-0.2, 0) is 6.42 Å². The number of aryl methyl sites for hydroxylation is 1. The number of para-hydroxylation sites is 1. The standard InChI is InChI=1S/C15H14ClN5O2/c1-10-19-13(23-20-10)7-8-17-12-9-18-21(15(22)14(12)16)11-5-3-2-4-6-11/h2-6,9,17H,7-8H2,1H3. The molecule has 0 spiro atoms. The lowest BCUT2D eigenvalue weighted by molar-refractivity contribution is 0.377. The summed E-state index contributed by atoms with van der Waals surface area (Å²) in [5.41, 5.74) is 0.754. The molecule has 0 saturated heterocycles. The van der Waals surface area contributed by atoms with Crippen molar-refractivity contribution in [1.82, 2.24) is 19.9 Å².